The predicted molar refractivity (Wildman–Crippen MR) is 124 cm³/mol. The van der Waals surface area contributed by atoms with Gasteiger partial charge in [0.25, 0.3) is 0 Å². The van der Waals surface area contributed by atoms with E-state index in [9.17, 15) is 9.18 Å². The highest BCUT2D eigenvalue weighted by Crippen LogP contribution is 2.45. The lowest BCUT2D eigenvalue weighted by Crippen LogP contribution is -2.25. The Kier molecular flexibility index (Phi) is 4.88. The van der Waals surface area contributed by atoms with Gasteiger partial charge in [0.05, 0.1) is 17.1 Å². The number of aromatic nitrogens is 4. The summed E-state index contributed by atoms with van der Waals surface area (Å²) in [5.74, 6) is 0.146. The third-order valence-corrected chi connectivity index (χ3v) is 6.10. The second-order valence-corrected chi connectivity index (χ2v) is 8.99. The number of rotatable bonds is 4. The monoisotopic (exact) mass is 428 g/mol. The summed E-state index contributed by atoms with van der Waals surface area (Å²) in [7, 11) is 0. The molecule has 162 valence electrons. The Hall–Kier alpha value is -3.41. The van der Waals surface area contributed by atoms with E-state index in [-0.39, 0.29) is 11.7 Å². The number of nitrogens with zero attached hydrogens (tertiary/aromatic N) is 4. The minimum absolute atomic E-state index is 0.103. The highest BCUT2D eigenvalue weighted by molar-refractivity contribution is 5.82. The fourth-order valence-corrected chi connectivity index (χ4v) is 4.31. The summed E-state index contributed by atoms with van der Waals surface area (Å²) in [5, 5.41) is 0.765. The van der Waals surface area contributed by atoms with Gasteiger partial charge >= 0.3 is 5.69 Å². The van der Waals surface area contributed by atoms with Gasteiger partial charge in [-0.25, -0.2) is 23.7 Å². The van der Waals surface area contributed by atoms with E-state index >= 15 is 0 Å². The molecule has 0 saturated heterocycles. The van der Waals surface area contributed by atoms with Crippen molar-refractivity contribution in [2.75, 3.05) is 0 Å². The van der Waals surface area contributed by atoms with E-state index in [0.29, 0.717) is 28.5 Å². The van der Waals surface area contributed by atoms with Crippen molar-refractivity contribution in [3.8, 4) is 16.9 Å². The van der Waals surface area contributed by atoms with E-state index in [2.05, 4.69) is 9.97 Å². The van der Waals surface area contributed by atoms with Crippen LogP contribution < -0.4 is 5.69 Å². The van der Waals surface area contributed by atoms with E-state index in [4.69, 9.17) is 4.98 Å². The first-order chi connectivity index (χ1) is 15.3. The van der Waals surface area contributed by atoms with Crippen LogP contribution in [0, 0.1) is 19.7 Å². The molecule has 5 rings (SSSR count). The maximum absolute atomic E-state index is 14.9. The van der Waals surface area contributed by atoms with Gasteiger partial charge in [0.1, 0.15) is 5.82 Å². The van der Waals surface area contributed by atoms with Gasteiger partial charge in [-0.2, -0.15) is 0 Å². The normalized spacial score (nSPS) is 13.8. The van der Waals surface area contributed by atoms with Crippen LogP contribution in [0.2, 0.25) is 0 Å². The van der Waals surface area contributed by atoms with Crippen LogP contribution in [0.25, 0.3) is 28.0 Å². The zero-order valence-corrected chi connectivity index (χ0v) is 18.7. The number of pyridine rings is 2. The molecule has 1 aliphatic carbocycles. The summed E-state index contributed by atoms with van der Waals surface area (Å²) in [5.41, 5.74) is 5.52. The maximum Gasteiger partial charge on any atom is 0.353 e. The van der Waals surface area contributed by atoms with E-state index in [0.717, 1.165) is 40.6 Å². The lowest BCUT2D eigenvalue weighted by molar-refractivity contribution is 0.630. The van der Waals surface area contributed by atoms with Crippen molar-refractivity contribution < 1.29 is 4.39 Å². The molecular formula is C26H25FN4O. The molecule has 0 N–H and O–H groups in total. The molecule has 0 bridgehead atoms. The zero-order valence-electron chi connectivity index (χ0n) is 18.7. The lowest BCUT2D eigenvalue weighted by atomic mass is 9.99. The molecule has 3 aromatic heterocycles. The number of halogens is 1. The van der Waals surface area contributed by atoms with E-state index in [1.54, 1.807) is 23.0 Å². The van der Waals surface area contributed by atoms with Crippen molar-refractivity contribution in [2.24, 2.45) is 0 Å². The molecule has 4 aromatic rings. The molecule has 1 fully saturated rings. The van der Waals surface area contributed by atoms with Crippen molar-refractivity contribution in [1.82, 2.24) is 19.5 Å². The van der Waals surface area contributed by atoms with Crippen molar-refractivity contribution >= 4 is 11.0 Å². The van der Waals surface area contributed by atoms with Crippen molar-refractivity contribution in [1.29, 1.82) is 0 Å². The first kappa shape index (κ1) is 20.5. The molecule has 0 amide bonds. The average molecular weight is 429 g/mol. The summed E-state index contributed by atoms with van der Waals surface area (Å²) in [4.78, 5) is 26.7. The maximum atomic E-state index is 14.9. The van der Waals surface area contributed by atoms with Crippen LogP contribution in [-0.2, 0) is 0 Å². The van der Waals surface area contributed by atoms with E-state index in [1.165, 1.54) is 6.07 Å². The van der Waals surface area contributed by atoms with Crippen molar-refractivity contribution in [3.63, 3.8) is 0 Å². The Bertz CT molecular complexity index is 1420. The summed E-state index contributed by atoms with van der Waals surface area (Å²) < 4.78 is 16.5. The highest BCUT2D eigenvalue weighted by Gasteiger charge is 2.29. The first-order valence-corrected chi connectivity index (χ1v) is 11.0. The number of benzene rings is 1. The fraction of sp³-hybridized carbons (Fsp3) is 0.308. The van der Waals surface area contributed by atoms with Gasteiger partial charge < -0.3 is 0 Å². The molecular weight excluding hydrogens is 403 g/mol. The molecule has 0 atom stereocenters. The first-order valence-electron chi connectivity index (χ1n) is 11.0. The number of aryl methyl sites for hydroxylation is 2. The number of fused-ring (bicyclic) bond motifs is 1. The Morgan fingerprint density at radius 2 is 1.88 bits per heavy atom. The molecule has 0 radical (unpaired) electrons. The molecule has 0 aliphatic heterocycles. The quantitative estimate of drug-likeness (QED) is 0.425. The summed E-state index contributed by atoms with van der Waals surface area (Å²) in [6.45, 7) is 7.98. The average Bonchev–Trinajstić information content (AvgIpc) is 3.60. The molecule has 0 unspecified atom stereocenters. The van der Waals surface area contributed by atoms with Gasteiger partial charge in [-0.3, -0.25) is 4.98 Å². The molecule has 6 heteroatoms. The SMILES string of the molecule is Cc1ccc(F)c(-c2nc3c(cnc(=O)n3-c3c(C)ccnc3C(C)C)cc2C2CC2)c1. The van der Waals surface area contributed by atoms with Crippen LogP contribution in [0.4, 0.5) is 4.39 Å². The summed E-state index contributed by atoms with van der Waals surface area (Å²) in [6, 6.07) is 8.97. The van der Waals surface area contributed by atoms with Crippen LogP contribution in [0.15, 0.2) is 47.5 Å². The third-order valence-electron chi connectivity index (χ3n) is 6.10. The third kappa shape index (κ3) is 3.40. The van der Waals surface area contributed by atoms with Gasteiger partial charge in [-0.15, -0.1) is 0 Å². The standard InChI is InChI=1S/C26H25FN4O/c1-14(2)22-24(16(4)9-10-28-22)31-25-18(13-29-26(31)32)12-19(17-6-7-17)23(30-25)20-11-15(3)5-8-21(20)27/h5,8-14,17H,6-7H2,1-4H3. The smallest absolute Gasteiger partial charge is 0.259 e. The van der Waals surface area contributed by atoms with Crippen LogP contribution in [0.3, 0.4) is 0 Å². The minimum atomic E-state index is -0.419. The lowest BCUT2D eigenvalue weighted by Gasteiger charge is -2.18. The Morgan fingerprint density at radius 1 is 1.09 bits per heavy atom. The molecule has 1 aromatic carbocycles. The van der Waals surface area contributed by atoms with Gasteiger partial charge in [-0.1, -0.05) is 25.5 Å². The van der Waals surface area contributed by atoms with Gasteiger partial charge in [0, 0.05) is 23.3 Å². The largest absolute Gasteiger partial charge is 0.353 e. The van der Waals surface area contributed by atoms with Gasteiger partial charge in [0.15, 0.2) is 5.65 Å². The van der Waals surface area contributed by atoms with Crippen molar-refractivity contribution in [3.05, 3.63) is 81.4 Å². The number of hydrogen-bond acceptors (Lipinski definition) is 4. The zero-order chi connectivity index (χ0) is 22.6. The van der Waals surface area contributed by atoms with Crippen LogP contribution in [0.1, 0.15) is 60.9 Å². The van der Waals surface area contributed by atoms with Crippen LogP contribution >= 0.6 is 0 Å². The molecule has 1 aliphatic rings. The molecule has 32 heavy (non-hydrogen) atoms. The molecule has 0 spiro atoms. The van der Waals surface area contributed by atoms with Crippen molar-refractivity contribution in [2.45, 2.75) is 52.4 Å². The second-order valence-electron chi connectivity index (χ2n) is 8.99. The van der Waals surface area contributed by atoms with E-state index in [1.807, 2.05) is 45.9 Å². The minimum Gasteiger partial charge on any atom is -0.259 e. The second kappa shape index (κ2) is 7.62. The molecule has 1 saturated carbocycles. The highest BCUT2D eigenvalue weighted by atomic mass is 19.1. The Balaban J connectivity index is 1.89. The molecule has 3 heterocycles. The van der Waals surface area contributed by atoms with Crippen LogP contribution in [-0.4, -0.2) is 19.5 Å². The number of hydrogen-bond donors (Lipinski definition) is 0. The van der Waals surface area contributed by atoms with Gasteiger partial charge in [-0.05, 0) is 73.9 Å². The van der Waals surface area contributed by atoms with E-state index < -0.39 is 5.69 Å². The topological polar surface area (TPSA) is 60.7 Å². The van der Waals surface area contributed by atoms with Crippen LogP contribution in [0.5, 0.6) is 0 Å². The van der Waals surface area contributed by atoms with Gasteiger partial charge in [0.2, 0.25) is 0 Å². The Morgan fingerprint density at radius 3 is 2.59 bits per heavy atom. The molecule has 5 nitrogen and oxygen atoms in total. The predicted octanol–water partition coefficient (Wildman–Crippen LogP) is 5.60. The Labute approximate surface area is 186 Å². The summed E-state index contributed by atoms with van der Waals surface area (Å²) in [6.07, 6.45) is 5.44. The summed E-state index contributed by atoms with van der Waals surface area (Å²) >= 11 is 0. The fourth-order valence-electron chi connectivity index (χ4n) is 4.31.